The Kier molecular flexibility index (Phi) is 7.46. The van der Waals surface area contributed by atoms with Crippen molar-refractivity contribution in [3.05, 3.63) is 59.7 Å². The van der Waals surface area contributed by atoms with Gasteiger partial charge in [0, 0.05) is 17.8 Å². The lowest BCUT2D eigenvalue weighted by Gasteiger charge is -2.13. The zero-order valence-corrected chi connectivity index (χ0v) is 18.6. The van der Waals surface area contributed by atoms with E-state index in [0.29, 0.717) is 12.1 Å². The molecule has 2 heterocycles. The summed E-state index contributed by atoms with van der Waals surface area (Å²) in [6.45, 7) is 3.93. The Morgan fingerprint density at radius 2 is 1.79 bits per heavy atom. The molecule has 7 nitrogen and oxygen atoms in total. The van der Waals surface area contributed by atoms with E-state index in [9.17, 15) is 18.0 Å². The SMILES string of the molecule is O=C(Nc1ccc(-c2nnc(NCCCCN3CCCC3)o2)c(C(F)(F)F)c1)c1ccccc1. The number of carbonyl (C=O) groups is 1. The molecule has 0 radical (unpaired) electrons. The number of anilines is 2. The number of amides is 1. The van der Waals surface area contributed by atoms with Gasteiger partial charge in [-0.15, -0.1) is 5.10 Å². The van der Waals surface area contributed by atoms with Gasteiger partial charge in [-0.3, -0.25) is 4.79 Å². The Morgan fingerprint density at radius 3 is 2.53 bits per heavy atom. The largest absolute Gasteiger partial charge is 0.417 e. The van der Waals surface area contributed by atoms with Crippen molar-refractivity contribution in [2.75, 3.05) is 36.8 Å². The molecule has 3 aromatic rings. The Balaban J connectivity index is 1.40. The third-order valence-corrected chi connectivity index (χ3v) is 5.65. The fraction of sp³-hybridized carbons (Fsp3) is 0.375. The van der Waals surface area contributed by atoms with E-state index in [1.807, 2.05) is 0 Å². The van der Waals surface area contributed by atoms with Crippen molar-refractivity contribution in [1.29, 1.82) is 0 Å². The number of benzene rings is 2. The lowest BCUT2D eigenvalue weighted by molar-refractivity contribution is -0.137. The van der Waals surface area contributed by atoms with Crippen LogP contribution >= 0.6 is 0 Å². The molecule has 2 aromatic carbocycles. The molecule has 0 aliphatic carbocycles. The van der Waals surface area contributed by atoms with Crippen molar-refractivity contribution in [1.82, 2.24) is 15.1 Å². The van der Waals surface area contributed by atoms with Crippen molar-refractivity contribution >= 4 is 17.6 Å². The van der Waals surface area contributed by atoms with Gasteiger partial charge in [0.15, 0.2) is 0 Å². The van der Waals surface area contributed by atoms with Crippen LogP contribution in [0.4, 0.5) is 24.9 Å². The molecule has 1 aromatic heterocycles. The first kappa shape index (κ1) is 23.7. The zero-order chi connectivity index (χ0) is 24.0. The van der Waals surface area contributed by atoms with E-state index in [0.717, 1.165) is 38.5 Å². The molecule has 34 heavy (non-hydrogen) atoms. The second kappa shape index (κ2) is 10.7. The van der Waals surface area contributed by atoms with Gasteiger partial charge in [0.25, 0.3) is 5.91 Å². The summed E-state index contributed by atoms with van der Waals surface area (Å²) in [6.07, 6.45) is -0.271. The van der Waals surface area contributed by atoms with E-state index in [2.05, 4.69) is 25.7 Å². The van der Waals surface area contributed by atoms with Gasteiger partial charge in [-0.25, -0.2) is 0 Å². The second-order valence-electron chi connectivity index (χ2n) is 8.17. The number of nitrogens with zero attached hydrogens (tertiary/aromatic N) is 3. The van der Waals surface area contributed by atoms with Gasteiger partial charge >= 0.3 is 12.2 Å². The molecular weight excluding hydrogens is 447 g/mol. The van der Waals surface area contributed by atoms with Crippen LogP contribution in [-0.4, -0.2) is 47.2 Å². The van der Waals surface area contributed by atoms with E-state index in [-0.39, 0.29) is 23.2 Å². The summed E-state index contributed by atoms with van der Waals surface area (Å²) < 4.78 is 46.8. The second-order valence-corrected chi connectivity index (χ2v) is 8.17. The Labute approximate surface area is 195 Å². The van der Waals surface area contributed by atoms with Crippen molar-refractivity contribution in [2.45, 2.75) is 31.9 Å². The van der Waals surface area contributed by atoms with Crippen molar-refractivity contribution in [2.24, 2.45) is 0 Å². The average Bonchev–Trinajstić information content (AvgIpc) is 3.51. The number of alkyl halides is 3. The van der Waals surface area contributed by atoms with Gasteiger partial charge in [0.1, 0.15) is 0 Å². The molecule has 1 saturated heterocycles. The number of nitrogens with one attached hydrogen (secondary N) is 2. The van der Waals surface area contributed by atoms with Gasteiger partial charge in [-0.2, -0.15) is 13.2 Å². The fourth-order valence-corrected chi connectivity index (χ4v) is 3.90. The first-order chi connectivity index (χ1) is 16.4. The molecular formula is C24H26F3N5O2. The van der Waals surface area contributed by atoms with E-state index >= 15 is 0 Å². The highest BCUT2D eigenvalue weighted by Crippen LogP contribution is 2.38. The van der Waals surface area contributed by atoms with Crippen molar-refractivity contribution in [3.8, 4) is 11.5 Å². The zero-order valence-electron chi connectivity index (χ0n) is 18.6. The predicted octanol–water partition coefficient (Wildman–Crippen LogP) is 5.30. The van der Waals surface area contributed by atoms with E-state index in [1.54, 1.807) is 30.3 Å². The molecule has 1 aliphatic rings. The number of unbranched alkanes of at least 4 members (excludes halogenated alkanes) is 1. The smallest absolute Gasteiger partial charge is 0.403 e. The first-order valence-corrected chi connectivity index (χ1v) is 11.3. The molecule has 2 N–H and O–H groups in total. The van der Waals surface area contributed by atoms with E-state index in [1.165, 1.54) is 25.0 Å². The lowest BCUT2D eigenvalue weighted by Crippen LogP contribution is -2.20. The molecule has 0 atom stereocenters. The first-order valence-electron chi connectivity index (χ1n) is 11.3. The molecule has 1 amide bonds. The summed E-state index contributed by atoms with van der Waals surface area (Å²) in [4.78, 5) is 14.7. The maximum Gasteiger partial charge on any atom is 0.417 e. The number of halogens is 3. The maximum absolute atomic E-state index is 13.8. The fourth-order valence-electron chi connectivity index (χ4n) is 3.90. The molecule has 0 unspecified atom stereocenters. The minimum Gasteiger partial charge on any atom is -0.403 e. The van der Waals surface area contributed by atoms with Gasteiger partial charge in [-0.05, 0) is 75.6 Å². The van der Waals surface area contributed by atoms with Crippen LogP contribution in [0.25, 0.3) is 11.5 Å². The maximum atomic E-state index is 13.8. The Morgan fingerprint density at radius 1 is 1.03 bits per heavy atom. The quantitative estimate of drug-likeness (QED) is 0.411. The highest BCUT2D eigenvalue weighted by Gasteiger charge is 2.35. The van der Waals surface area contributed by atoms with Crippen LogP contribution < -0.4 is 10.6 Å². The third-order valence-electron chi connectivity index (χ3n) is 5.65. The topological polar surface area (TPSA) is 83.3 Å². The summed E-state index contributed by atoms with van der Waals surface area (Å²) >= 11 is 0. The molecule has 180 valence electrons. The van der Waals surface area contributed by atoms with Crippen LogP contribution in [0, 0.1) is 0 Å². The Bertz CT molecular complexity index is 1100. The molecule has 4 rings (SSSR count). The molecule has 0 saturated carbocycles. The van der Waals surface area contributed by atoms with Crippen molar-refractivity contribution in [3.63, 3.8) is 0 Å². The summed E-state index contributed by atoms with van der Waals surface area (Å²) in [5, 5.41) is 13.1. The molecule has 0 spiro atoms. The van der Waals surface area contributed by atoms with Gasteiger partial charge in [-0.1, -0.05) is 23.3 Å². The highest BCUT2D eigenvalue weighted by atomic mass is 19.4. The number of hydrogen-bond donors (Lipinski definition) is 2. The minimum atomic E-state index is -4.68. The predicted molar refractivity (Wildman–Crippen MR) is 123 cm³/mol. The molecule has 10 heteroatoms. The van der Waals surface area contributed by atoms with Gasteiger partial charge < -0.3 is 20.0 Å². The lowest BCUT2D eigenvalue weighted by atomic mass is 10.1. The minimum absolute atomic E-state index is 0.0146. The van der Waals surface area contributed by atoms with Crippen LogP contribution in [-0.2, 0) is 6.18 Å². The van der Waals surface area contributed by atoms with Crippen LogP contribution in [0.5, 0.6) is 0 Å². The van der Waals surface area contributed by atoms with Crippen molar-refractivity contribution < 1.29 is 22.4 Å². The summed E-state index contributed by atoms with van der Waals surface area (Å²) in [5.41, 5.74) is -0.868. The normalized spacial score (nSPS) is 14.3. The summed E-state index contributed by atoms with van der Waals surface area (Å²) in [5.74, 6) is -0.747. The van der Waals surface area contributed by atoms with Gasteiger partial charge in [0.05, 0.1) is 11.1 Å². The van der Waals surface area contributed by atoms with E-state index < -0.39 is 17.6 Å². The monoisotopic (exact) mass is 473 g/mol. The Hall–Kier alpha value is -3.40. The number of rotatable bonds is 9. The standard InChI is InChI=1S/C24H26F3N5O2/c25-24(26,27)20-16-18(29-21(33)17-8-2-1-3-9-17)10-11-19(20)22-30-31-23(34-22)28-12-4-5-13-32-14-6-7-15-32/h1-3,8-11,16H,4-7,12-15H2,(H,28,31)(H,29,33). The van der Waals surface area contributed by atoms with Crippen LogP contribution in [0.2, 0.25) is 0 Å². The highest BCUT2D eigenvalue weighted by molar-refractivity contribution is 6.04. The van der Waals surface area contributed by atoms with Crippen LogP contribution in [0.1, 0.15) is 41.6 Å². The van der Waals surface area contributed by atoms with Crippen LogP contribution in [0.15, 0.2) is 52.9 Å². The summed E-state index contributed by atoms with van der Waals surface area (Å²) in [7, 11) is 0. The number of carbonyl (C=O) groups excluding carboxylic acids is 1. The number of hydrogen-bond acceptors (Lipinski definition) is 6. The summed E-state index contributed by atoms with van der Waals surface area (Å²) in [6, 6.07) is 11.8. The molecule has 1 fully saturated rings. The van der Waals surface area contributed by atoms with E-state index in [4.69, 9.17) is 4.42 Å². The third kappa shape index (κ3) is 6.13. The molecule has 1 aliphatic heterocycles. The molecule has 0 bridgehead atoms. The average molecular weight is 473 g/mol. The van der Waals surface area contributed by atoms with Crippen LogP contribution in [0.3, 0.4) is 0 Å². The van der Waals surface area contributed by atoms with Gasteiger partial charge in [0.2, 0.25) is 5.89 Å². The number of likely N-dealkylation sites (tertiary alicyclic amines) is 1. The number of aromatic nitrogens is 2.